The van der Waals surface area contributed by atoms with E-state index in [4.69, 9.17) is 5.11 Å². The Balaban J connectivity index is 2.67. The van der Waals surface area contributed by atoms with Crippen molar-refractivity contribution in [1.82, 2.24) is 5.32 Å². The molecule has 0 spiro atoms. The van der Waals surface area contributed by atoms with Gasteiger partial charge in [-0.3, -0.25) is 4.79 Å². The van der Waals surface area contributed by atoms with E-state index in [0.717, 1.165) is 0 Å². The van der Waals surface area contributed by atoms with Crippen molar-refractivity contribution in [2.24, 2.45) is 0 Å². The van der Waals surface area contributed by atoms with Gasteiger partial charge < -0.3 is 20.6 Å². The van der Waals surface area contributed by atoms with Crippen molar-refractivity contribution in [3.8, 4) is 5.75 Å². The van der Waals surface area contributed by atoms with Crippen molar-refractivity contribution in [3.63, 3.8) is 0 Å². The summed E-state index contributed by atoms with van der Waals surface area (Å²) in [4.78, 5) is 22.4. The Hall–Kier alpha value is -2.08. The number of aliphatic carboxylic acids is 1. The van der Waals surface area contributed by atoms with Crippen LogP contribution in [0.25, 0.3) is 0 Å². The molecule has 0 saturated carbocycles. The van der Waals surface area contributed by atoms with E-state index >= 15 is 0 Å². The molecule has 0 aliphatic rings. The molecule has 0 aliphatic carbocycles. The Bertz CT molecular complexity index is 444. The molecule has 0 fully saturated rings. The van der Waals surface area contributed by atoms with Gasteiger partial charge in [0.05, 0.1) is 12.5 Å². The van der Waals surface area contributed by atoms with E-state index in [2.05, 4.69) is 5.32 Å². The molecular formula is C12H15NO5. The van der Waals surface area contributed by atoms with Crippen LogP contribution in [0.1, 0.15) is 12.5 Å². The van der Waals surface area contributed by atoms with Gasteiger partial charge in [0.1, 0.15) is 5.75 Å². The minimum Gasteiger partial charge on any atom is -0.508 e. The average molecular weight is 253 g/mol. The number of carbonyl (C=O) groups is 2. The topological polar surface area (TPSA) is 107 Å². The quantitative estimate of drug-likeness (QED) is 0.585. The summed E-state index contributed by atoms with van der Waals surface area (Å²) < 4.78 is 0. The Kier molecular flexibility index (Phi) is 4.67. The maximum Gasteiger partial charge on any atom is 0.328 e. The van der Waals surface area contributed by atoms with E-state index in [1.54, 1.807) is 18.2 Å². The first kappa shape index (κ1) is 14.0. The van der Waals surface area contributed by atoms with E-state index < -0.39 is 24.0 Å². The molecule has 6 heteroatoms. The molecule has 0 radical (unpaired) electrons. The number of amides is 1. The lowest BCUT2D eigenvalue weighted by molar-refractivity contribution is -0.144. The van der Waals surface area contributed by atoms with Crippen molar-refractivity contribution in [2.75, 3.05) is 0 Å². The van der Waals surface area contributed by atoms with E-state index in [9.17, 15) is 19.8 Å². The van der Waals surface area contributed by atoms with Gasteiger partial charge >= 0.3 is 5.97 Å². The molecule has 0 unspecified atom stereocenters. The van der Waals surface area contributed by atoms with Gasteiger partial charge in [-0.25, -0.2) is 4.79 Å². The van der Waals surface area contributed by atoms with Gasteiger partial charge in [-0.1, -0.05) is 18.2 Å². The normalized spacial score (nSPS) is 13.7. The van der Waals surface area contributed by atoms with Crippen molar-refractivity contribution in [1.29, 1.82) is 0 Å². The summed E-state index contributed by atoms with van der Waals surface area (Å²) in [6, 6.07) is 4.92. The van der Waals surface area contributed by atoms with E-state index in [0.29, 0.717) is 5.56 Å². The van der Waals surface area contributed by atoms with Gasteiger partial charge in [0.2, 0.25) is 5.91 Å². The number of para-hydroxylation sites is 1. The molecule has 2 atom stereocenters. The van der Waals surface area contributed by atoms with Gasteiger partial charge in [-0.2, -0.15) is 0 Å². The first-order chi connectivity index (χ1) is 8.41. The summed E-state index contributed by atoms with van der Waals surface area (Å²) in [5.74, 6) is -1.92. The smallest absolute Gasteiger partial charge is 0.328 e. The second kappa shape index (κ2) is 6.02. The van der Waals surface area contributed by atoms with Gasteiger partial charge in [0.25, 0.3) is 0 Å². The van der Waals surface area contributed by atoms with E-state index in [-0.39, 0.29) is 12.2 Å². The fourth-order valence-electron chi connectivity index (χ4n) is 1.45. The Morgan fingerprint density at radius 2 is 1.94 bits per heavy atom. The average Bonchev–Trinajstić information content (AvgIpc) is 2.28. The van der Waals surface area contributed by atoms with Gasteiger partial charge in [-0.05, 0) is 13.0 Å². The van der Waals surface area contributed by atoms with E-state index in [1.807, 2.05) is 0 Å². The van der Waals surface area contributed by atoms with Crippen LogP contribution < -0.4 is 5.32 Å². The van der Waals surface area contributed by atoms with Gasteiger partial charge in [0, 0.05) is 5.56 Å². The maximum atomic E-state index is 11.6. The summed E-state index contributed by atoms with van der Waals surface area (Å²) in [5.41, 5.74) is 0.393. The zero-order chi connectivity index (χ0) is 13.7. The highest BCUT2D eigenvalue weighted by Crippen LogP contribution is 2.15. The third-order valence-corrected chi connectivity index (χ3v) is 2.41. The number of carboxylic acid groups (broad SMARTS) is 1. The largest absolute Gasteiger partial charge is 0.508 e. The fraction of sp³-hybridized carbons (Fsp3) is 0.333. The third-order valence-electron chi connectivity index (χ3n) is 2.41. The Morgan fingerprint density at radius 3 is 2.44 bits per heavy atom. The molecule has 0 saturated heterocycles. The monoisotopic (exact) mass is 253 g/mol. The molecule has 1 amide bonds. The molecule has 0 aromatic heterocycles. The van der Waals surface area contributed by atoms with Crippen LogP contribution in [0.4, 0.5) is 0 Å². The molecular weight excluding hydrogens is 238 g/mol. The lowest BCUT2D eigenvalue weighted by atomic mass is 10.1. The lowest BCUT2D eigenvalue weighted by Crippen LogP contribution is -2.48. The summed E-state index contributed by atoms with van der Waals surface area (Å²) >= 11 is 0. The zero-order valence-corrected chi connectivity index (χ0v) is 9.83. The van der Waals surface area contributed by atoms with Crippen LogP contribution in [0.5, 0.6) is 5.75 Å². The summed E-state index contributed by atoms with van der Waals surface area (Å²) in [7, 11) is 0. The number of benzene rings is 1. The van der Waals surface area contributed by atoms with Crippen LogP contribution in [0.3, 0.4) is 0 Å². The van der Waals surface area contributed by atoms with Gasteiger partial charge in [-0.15, -0.1) is 0 Å². The van der Waals surface area contributed by atoms with Crippen LogP contribution in [-0.4, -0.2) is 39.3 Å². The first-order valence-electron chi connectivity index (χ1n) is 5.39. The highest BCUT2D eigenvalue weighted by Gasteiger charge is 2.25. The Labute approximate surface area is 104 Å². The molecule has 0 bridgehead atoms. The molecule has 0 heterocycles. The molecule has 6 nitrogen and oxygen atoms in total. The molecule has 1 rings (SSSR count). The SMILES string of the molecule is C[C@@H](O)[C@H](NC(=O)Cc1ccccc1O)C(=O)O. The van der Waals surface area contributed by atoms with Crippen molar-refractivity contribution in [2.45, 2.75) is 25.5 Å². The number of phenols is 1. The molecule has 98 valence electrons. The molecule has 0 aliphatic heterocycles. The van der Waals surface area contributed by atoms with Gasteiger partial charge in [0.15, 0.2) is 6.04 Å². The minimum atomic E-state index is -1.36. The van der Waals surface area contributed by atoms with Crippen LogP contribution in [0, 0.1) is 0 Å². The fourth-order valence-corrected chi connectivity index (χ4v) is 1.45. The number of hydrogen-bond acceptors (Lipinski definition) is 4. The molecule has 4 N–H and O–H groups in total. The van der Waals surface area contributed by atoms with Crippen LogP contribution in [0.15, 0.2) is 24.3 Å². The highest BCUT2D eigenvalue weighted by molar-refractivity contribution is 5.85. The van der Waals surface area contributed by atoms with Crippen molar-refractivity contribution < 1.29 is 24.9 Å². The van der Waals surface area contributed by atoms with Crippen molar-refractivity contribution >= 4 is 11.9 Å². The predicted octanol–water partition coefficient (Wildman–Crippen LogP) is -0.115. The van der Waals surface area contributed by atoms with Crippen LogP contribution >= 0.6 is 0 Å². The number of nitrogens with one attached hydrogen (secondary N) is 1. The second-order valence-corrected chi connectivity index (χ2v) is 3.93. The minimum absolute atomic E-state index is 0.0310. The zero-order valence-electron chi connectivity index (χ0n) is 9.83. The number of hydrogen-bond donors (Lipinski definition) is 4. The lowest BCUT2D eigenvalue weighted by Gasteiger charge is -2.17. The molecule has 1 aromatic carbocycles. The van der Waals surface area contributed by atoms with Crippen LogP contribution in [0.2, 0.25) is 0 Å². The first-order valence-corrected chi connectivity index (χ1v) is 5.39. The number of aromatic hydroxyl groups is 1. The maximum absolute atomic E-state index is 11.6. The van der Waals surface area contributed by atoms with Crippen molar-refractivity contribution in [3.05, 3.63) is 29.8 Å². The third kappa shape index (κ3) is 3.74. The second-order valence-electron chi connectivity index (χ2n) is 3.93. The van der Waals surface area contributed by atoms with E-state index in [1.165, 1.54) is 13.0 Å². The number of rotatable bonds is 5. The molecule has 1 aromatic rings. The number of aliphatic hydroxyl groups is 1. The number of carbonyl (C=O) groups excluding carboxylic acids is 1. The molecule has 18 heavy (non-hydrogen) atoms. The number of phenolic OH excluding ortho intramolecular Hbond substituents is 1. The Morgan fingerprint density at radius 1 is 1.33 bits per heavy atom. The standard InChI is InChI=1S/C12H15NO5/c1-7(14)11(12(17)18)13-10(16)6-8-4-2-3-5-9(8)15/h2-5,7,11,14-15H,6H2,1H3,(H,13,16)(H,17,18)/t7-,11+/m1/s1. The summed E-state index contributed by atoms with van der Waals surface area (Å²) in [6.45, 7) is 1.28. The number of carboxylic acids is 1. The number of aliphatic hydroxyl groups excluding tert-OH is 1. The highest BCUT2D eigenvalue weighted by atomic mass is 16.4. The summed E-state index contributed by atoms with van der Waals surface area (Å²) in [5, 5.41) is 29.7. The van der Waals surface area contributed by atoms with Crippen LogP contribution in [-0.2, 0) is 16.0 Å². The summed E-state index contributed by atoms with van der Waals surface area (Å²) in [6.07, 6.45) is -1.35. The predicted molar refractivity (Wildman–Crippen MR) is 63.1 cm³/mol.